The second kappa shape index (κ2) is 8.20. The highest BCUT2D eigenvalue weighted by atomic mass is 16.7. The fraction of sp³-hybridized carbons (Fsp3) is 0.391. The quantitative estimate of drug-likeness (QED) is 0.604. The average Bonchev–Trinajstić information content (AvgIpc) is 3.38. The lowest BCUT2D eigenvalue weighted by molar-refractivity contribution is -1.02. The Balaban J connectivity index is 1.19. The Morgan fingerprint density at radius 1 is 1.00 bits per heavy atom. The first-order chi connectivity index (χ1) is 15.1. The number of carbonyl (C=O) groups excluding carboxylic acids is 2. The Bertz CT molecular complexity index is 985. The van der Waals surface area contributed by atoms with Gasteiger partial charge in [-0.2, -0.15) is 0 Å². The lowest BCUT2D eigenvalue weighted by Gasteiger charge is -2.32. The minimum Gasteiger partial charge on any atom is -0.497 e. The topological polar surface area (TPSA) is 73.9 Å². The van der Waals surface area contributed by atoms with Gasteiger partial charge in [0.15, 0.2) is 17.5 Å². The number of nitrogens with zero attached hydrogens (tertiary/aromatic N) is 1. The van der Waals surface area contributed by atoms with E-state index in [9.17, 15) is 9.59 Å². The standard InChI is InChI=1S/C23H25N3O5/c1-29-18-5-3-17(4-6-18)26-22(27)13-19(23(26)28)25-10-8-24(9-11-25)14-16-2-7-20-21(12-16)31-15-30-20/h2-7,12,19H,8-11,13-15H2,1H3/p+2/t19-/m0/s1. The number of anilines is 1. The molecule has 31 heavy (non-hydrogen) atoms. The molecule has 0 unspecified atom stereocenters. The third kappa shape index (κ3) is 3.84. The van der Waals surface area contributed by atoms with E-state index in [-0.39, 0.29) is 31.1 Å². The highest BCUT2D eigenvalue weighted by Gasteiger charge is 2.47. The Morgan fingerprint density at radius 2 is 1.74 bits per heavy atom. The molecular weight excluding hydrogens is 398 g/mol. The molecule has 0 radical (unpaired) electrons. The molecule has 0 saturated carbocycles. The van der Waals surface area contributed by atoms with Gasteiger partial charge >= 0.3 is 0 Å². The minimum atomic E-state index is -0.290. The molecule has 5 rings (SSSR count). The zero-order valence-electron chi connectivity index (χ0n) is 17.6. The van der Waals surface area contributed by atoms with Gasteiger partial charge in [0.25, 0.3) is 5.91 Å². The first-order valence-electron chi connectivity index (χ1n) is 10.7. The lowest BCUT2D eigenvalue weighted by Crippen LogP contribution is -3.29. The van der Waals surface area contributed by atoms with Crippen molar-refractivity contribution < 1.29 is 33.6 Å². The molecule has 2 aromatic rings. The van der Waals surface area contributed by atoms with Crippen LogP contribution in [0.3, 0.4) is 0 Å². The maximum absolute atomic E-state index is 13.1. The molecule has 8 nitrogen and oxygen atoms in total. The smallest absolute Gasteiger partial charge is 0.292 e. The van der Waals surface area contributed by atoms with Gasteiger partial charge < -0.3 is 24.0 Å². The normalized spacial score (nSPS) is 25.2. The van der Waals surface area contributed by atoms with Crippen molar-refractivity contribution in [1.29, 1.82) is 0 Å². The number of quaternary nitrogens is 2. The van der Waals surface area contributed by atoms with E-state index in [2.05, 4.69) is 12.1 Å². The van der Waals surface area contributed by atoms with E-state index in [0.717, 1.165) is 44.2 Å². The summed E-state index contributed by atoms with van der Waals surface area (Å²) >= 11 is 0. The fourth-order valence-corrected chi connectivity index (χ4v) is 4.74. The molecule has 3 heterocycles. The Labute approximate surface area is 180 Å². The van der Waals surface area contributed by atoms with Gasteiger partial charge in [-0.25, -0.2) is 4.90 Å². The highest BCUT2D eigenvalue weighted by Crippen LogP contribution is 2.32. The maximum Gasteiger partial charge on any atom is 0.292 e. The van der Waals surface area contributed by atoms with E-state index in [1.54, 1.807) is 31.4 Å². The van der Waals surface area contributed by atoms with Crippen molar-refractivity contribution >= 4 is 17.5 Å². The van der Waals surface area contributed by atoms with Gasteiger partial charge in [0, 0.05) is 5.56 Å². The number of piperazine rings is 1. The summed E-state index contributed by atoms with van der Waals surface area (Å²) in [6.45, 7) is 4.88. The van der Waals surface area contributed by atoms with Gasteiger partial charge in [0.05, 0.1) is 19.2 Å². The van der Waals surface area contributed by atoms with E-state index in [4.69, 9.17) is 14.2 Å². The average molecular weight is 425 g/mol. The van der Waals surface area contributed by atoms with Gasteiger partial charge in [0.2, 0.25) is 12.7 Å². The molecule has 2 saturated heterocycles. The molecule has 2 fully saturated rings. The van der Waals surface area contributed by atoms with Crippen LogP contribution in [-0.2, 0) is 16.1 Å². The van der Waals surface area contributed by atoms with Gasteiger partial charge in [-0.15, -0.1) is 0 Å². The van der Waals surface area contributed by atoms with Crippen LogP contribution in [0.5, 0.6) is 17.2 Å². The second-order valence-electron chi connectivity index (χ2n) is 8.29. The van der Waals surface area contributed by atoms with Crippen LogP contribution in [-0.4, -0.2) is 57.9 Å². The number of ether oxygens (including phenoxy) is 3. The number of carbonyl (C=O) groups is 2. The van der Waals surface area contributed by atoms with Gasteiger partial charge in [-0.3, -0.25) is 9.59 Å². The fourth-order valence-electron chi connectivity index (χ4n) is 4.74. The van der Waals surface area contributed by atoms with Crippen LogP contribution in [0.4, 0.5) is 5.69 Å². The molecular formula is C23H27N3O5+2. The molecule has 0 aliphatic carbocycles. The summed E-state index contributed by atoms with van der Waals surface area (Å²) in [5.41, 5.74) is 1.84. The third-order valence-electron chi connectivity index (χ3n) is 6.46. The lowest BCUT2D eigenvalue weighted by atomic mass is 10.1. The predicted octanol–water partition coefficient (Wildman–Crippen LogP) is -0.961. The molecule has 3 aliphatic heterocycles. The number of nitrogens with one attached hydrogen (secondary N) is 2. The first kappa shape index (κ1) is 19.8. The molecule has 2 amide bonds. The highest BCUT2D eigenvalue weighted by molar-refractivity contribution is 6.21. The van der Waals surface area contributed by atoms with Crippen molar-refractivity contribution in [1.82, 2.24) is 0 Å². The maximum atomic E-state index is 13.1. The molecule has 3 aliphatic rings. The van der Waals surface area contributed by atoms with E-state index < -0.39 is 0 Å². The van der Waals surface area contributed by atoms with Crippen molar-refractivity contribution in [2.24, 2.45) is 0 Å². The molecule has 1 atom stereocenters. The largest absolute Gasteiger partial charge is 0.497 e. The zero-order chi connectivity index (χ0) is 21.4. The number of amides is 2. The van der Waals surface area contributed by atoms with Crippen LogP contribution >= 0.6 is 0 Å². The van der Waals surface area contributed by atoms with Crippen molar-refractivity contribution in [3.63, 3.8) is 0 Å². The summed E-state index contributed by atoms with van der Waals surface area (Å²) in [7, 11) is 1.59. The van der Waals surface area contributed by atoms with Crippen LogP contribution in [0.15, 0.2) is 42.5 Å². The first-order valence-corrected chi connectivity index (χ1v) is 10.7. The Morgan fingerprint density at radius 3 is 2.48 bits per heavy atom. The SMILES string of the molecule is COc1ccc(N2C(=O)C[C@H]([NH+]3CC[NH+](Cc4ccc5c(c4)OCO5)CC3)C2=O)cc1. The van der Waals surface area contributed by atoms with Crippen LogP contribution in [0.2, 0.25) is 0 Å². The van der Waals surface area contributed by atoms with Crippen molar-refractivity contribution in [3.8, 4) is 17.2 Å². The van der Waals surface area contributed by atoms with Crippen molar-refractivity contribution in [2.75, 3.05) is 45.0 Å². The summed E-state index contributed by atoms with van der Waals surface area (Å²) in [4.78, 5) is 29.7. The summed E-state index contributed by atoms with van der Waals surface area (Å²) in [5, 5.41) is 0. The summed E-state index contributed by atoms with van der Waals surface area (Å²) in [5.74, 6) is 2.10. The third-order valence-corrected chi connectivity index (χ3v) is 6.46. The summed E-state index contributed by atoms with van der Waals surface area (Å²) in [6.07, 6.45) is 0.275. The molecule has 162 valence electrons. The zero-order valence-corrected chi connectivity index (χ0v) is 17.6. The van der Waals surface area contributed by atoms with Gasteiger partial charge in [-0.1, -0.05) is 0 Å². The number of hydrogen-bond donors (Lipinski definition) is 2. The van der Waals surface area contributed by atoms with E-state index >= 15 is 0 Å². The molecule has 0 bridgehead atoms. The van der Waals surface area contributed by atoms with Gasteiger partial charge in [0.1, 0.15) is 38.5 Å². The number of imide groups is 1. The minimum absolute atomic E-state index is 0.0932. The molecule has 2 N–H and O–H groups in total. The second-order valence-corrected chi connectivity index (χ2v) is 8.29. The van der Waals surface area contributed by atoms with Gasteiger partial charge in [-0.05, 0) is 42.5 Å². The van der Waals surface area contributed by atoms with E-state index in [1.807, 2.05) is 6.07 Å². The Kier molecular flexibility index (Phi) is 5.25. The Hall–Kier alpha value is -3.10. The monoisotopic (exact) mass is 425 g/mol. The van der Waals surface area contributed by atoms with Crippen LogP contribution < -0.4 is 28.9 Å². The van der Waals surface area contributed by atoms with Crippen LogP contribution in [0.1, 0.15) is 12.0 Å². The molecule has 0 spiro atoms. The van der Waals surface area contributed by atoms with E-state index in [0.29, 0.717) is 11.4 Å². The molecule has 0 aromatic heterocycles. The van der Waals surface area contributed by atoms with E-state index in [1.165, 1.54) is 20.3 Å². The van der Waals surface area contributed by atoms with Crippen molar-refractivity contribution in [2.45, 2.75) is 19.0 Å². The van der Waals surface area contributed by atoms with Crippen LogP contribution in [0, 0.1) is 0 Å². The van der Waals surface area contributed by atoms with Crippen LogP contribution in [0.25, 0.3) is 0 Å². The van der Waals surface area contributed by atoms with Crippen molar-refractivity contribution in [3.05, 3.63) is 48.0 Å². The molecule has 2 aromatic carbocycles. The predicted molar refractivity (Wildman–Crippen MR) is 112 cm³/mol. The number of fused-ring (bicyclic) bond motifs is 1. The summed E-state index contributed by atoms with van der Waals surface area (Å²) < 4.78 is 16.0. The number of hydrogen-bond acceptors (Lipinski definition) is 5. The number of methoxy groups -OCH3 is 1. The summed E-state index contributed by atoms with van der Waals surface area (Å²) in [6, 6.07) is 12.9. The number of rotatable bonds is 5. The number of benzene rings is 2. The molecule has 8 heteroatoms.